The van der Waals surface area contributed by atoms with E-state index in [9.17, 15) is 9.59 Å². The Bertz CT molecular complexity index is 1000. The second kappa shape index (κ2) is 8.75. The third-order valence-corrected chi connectivity index (χ3v) is 4.50. The van der Waals surface area contributed by atoms with Gasteiger partial charge in [0.1, 0.15) is 17.6 Å². The molecule has 2 aromatic carbocycles. The Morgan fingerprint density at radius 2 is 1.55 bits per heavy atom. The van der Waals surface area contributed by atoms with Gasteiger partial charge in [-0.05, 0) is 62.6 Å². The lowest BCUT2D eigenvalue weighted by Gasteiger charge is -2.19. The molecule has 3 aromatic rings. The minimum absolute atomic E-state index is 0.276. The molecule has 0 spiro atoms. The number of carbonyl (C=O) groups is 2. The van der Waals surface area contributed by atoms with Gasteiger partial charge in [-0.25, -0.2) is 5.43 Å². The van der Waals surface area contributed by atoms with E-state index < -0.39 is 6.04 Å². The third kappa shape index (κ3) is 5.12. The van der Waals surface area contributed by atoms with Crippen molar-refractivity contribution in [1.29, 1.82) is 0 Å². The lowest BCUT2D eigenvalue weighted by atomic mass is 10.1. The van der Waals surface area contributed by atoms with Gasteiger partial charge in [0.25, 0.3) is 5.91 Å². The summed E-state index contributed by atoms with van der Waals surface area (Å²) in [6.07, 6.45) is 0. The van der Waals surface area contributed by atoms with Crippen molar-refractivity contribution in [3.8, 4) is 0 Å². The predicted octanol–water partition coefficient (Wildman–Crippen LogP) is 4.13. The van der Waals surface area contributed by atoms with Gasteiger partial charge in [-0.2, -0.15) is 0 Å². The molecule has 0 saturated heterocycles. The molecular weight excluding hydrogens is 366 g/mol. The van der Waals surface area contributed by atoms with Crippen LogP contribution in [-0.4, -0.2) is 11.8 Å². The monoisotopic (exact) mass is 391 g/mol. The molecule has 1 aromatic heterocycles. The van der Waals surface area contributed by atoms with Crippen LogP contribution in [0.25, 0.3) is 0 Å². The highest BCUT2D eigenvalue weighted by Gasteiger charge is 2.22. The molecule has 3 N–H and O–H groups in total. The van der Waals surface area contributed by atoms with E-state index in [2.05, 4.69) is 16.2 Å². The highest BCUT2D eigenvalue weighted by molar-refractivity contribution is 5.97. The van der Waals surface area contributed by atoms with Crippen LogP contribution in [0.4, 0.5) is 5.69 Å². The smallest absolute Gasteiger partial charge is 0.268 e. The van der Waals surface area contributed by atoms with Crippen LogP contribution in [0, 0.1) is 27.7 Å². The minimum Gasteiger partial charge on any atom is -0.466 e. The average molecular weight is 391 g/mol. The standard InChI is InChI=1S/C23H25N3O3/c1-14-10-15(2)12-19(11-14)24-23(28)21(18-8-6-5-7-9-18)25-26-22(27)20-13-16(3)29-17(20)4/h5-13,21,25H,1-4H3,(H,24,28)(H,26,27). The van der Waals surface area contributed by atoms with Crippen molar-refractivity contribution in [2.75, 3.05) is 5.32 Å². The van der Waals surface area contributed by atoms with E-state index in [0.717, 1.165) is 16.7 Å². The van der Waals surface area contributed by atoms with Crippen molar-refractivity contribution in [2.45, 2.75) is 33.7 Å². The second-order valence-electron chi connectivity index (χ2n) is 7.13. The highest BCUT2D eigenvalue weighted by Crippen LogP contribution is 2.19. The molecule has 150 valence electrons. The van der Waals surface area contributed by atoms with Gasteiger partial charge < -0.3 is 9.73 Å². The van der Waals surface area contributed by atoms with Crippen molar-refractivity contribution in [3.63, 3.8) is 0 Å². The highest BCUT2D eigenvalue weighted by atomic mass is 16.3. The van der Waals surface area contributed by atoms with Gasteiger partial charge in [-0.3, -0.25) is 15.0 Å². The number of hydrogen-bond donors (Lipinski definition) is 3. The molecule has 2 amide bonds. The Balaban J connectivity index is 1.78. The number of hydrazine groups is 1. The SMILES string of the molecule is Cc1cc(C)cc(NC(=O)C(NNC(=O)c2cc(C)oc2C)c2ccccc2)c1. The second-order valence-corrected chi connectivity index (χ2v) is 7.13. The number of aryl methyl sites for hydroxylation is 4. The molecule has 0 saturated carbocycles. The minimum atomic E-state index is -0.769. The molecule has 0 aliphatic rings. The first kappa shape index (κ1) is 20.4. The molecule has 1 atom stereocenters. The summed E-state index contributed by atoms with van der Waals surface area (Å²) in [5.41, 5.74) is 9.49. The number of furan rings is 1. The maximum absolute atomic E-state index is 13.0. The first-order valence-corrected chi connectivity index (χ1v) is 9.40. The third-order valence-electron chi connectivity index (χ3n) is 4.50. The number of nitrogens with one attached hydrogen (secondary N) is 3. The summed E-state index contributed by atoms with van der Waals surface area (Å²) in [6.45, 7) is 7.46. The van der Waals surface area contributed by atoms with Gasteiger partial charge in [-0.1, -0.05) is 36.4 Å². The summed E-state index contributed by atoms with van der Waals surface area (Å²) in [7, 11) is 0. The Kier molecular flexibility index (Phi) is 6.14. The van der Waals surface area contributed by atoms with Gasteiger partial charge in [0.2, 0.25) is 5.91 Å². The van der Waals surface area contributed by atoms with Gasteiger partial charge in [0.05, 0.1) is 5.56 Å². The summed E-state index contributed by atoms with van der Waals surface area (Å²) in [6, 6.07) is 16.0. The van der Waals surface area contributed by atoms with Gasteiger partial charge >= 0.3 is 0 Å². The fourth-order valence-corrected chi connectivity index (χ4v) is 3.27. The molecule has 6 nitrogen and oxygen atoms in total. The van der Waals surface area contributed by atoms with E-state index in [-0.39, 0.29) is 11.8 Å². The number of rotatable bonds is 6. The van der Waals surface area contributed by atoms with Crippen molar-refractivity contribution < 1.29 is 14.0 Å². The summed E-state index contributed by atoms with van der Waals surface area (Å²) < 4.78 is 5.41. The quantitative estimate of drug-likeness (QED) is 0.552. The van der Waals surface area contributed by atoms with E-state index in [1.54, 1.807) is 19.9 Å². The Morgan fingerprint density at radius 3 is 2.14 bits per heavy atom. The first-order chi connectivity index (χ1) is 13.8. The Labute approximate surface area is 170 Å². The zero-order valence-electron chi connectivity index (χ0n) is 17.0. The van der Waals surface area contributed by atoms with Crippen LogP contribution in [0.1, 0.15) is 44.6 Å². The Morgan fingerprint density at radius 1 is 0.897 bits per heavy atom. The zero-order chi connectivity index (χ0) is 21.0. The van der Waals surface area contributed by atoms with Crippen LogP contribution in [-0.2, 0) is 4.79 Å². The lowest BCUT2D eigenvalue weighted by Crippen LogP contribution is -2.44. The number of benzene rings is 2. The molecule has 6 heteroatoms. The first-order valence-electron chi connectivity index (χ1n) is 9.40. The van der Waals surface area contributed by atoms with E-state index in [0.29, 0.717) is 22.8 Å². The van der Waals surface area contributed by atoms with E-state index in [1.807, 2.05) is 62.4 Å². The van der Waals surface area contributed by atoms with Crippen molar-refractivity contribution in [2.24, 2.45) is 0 Å². The number of anilines is 1. The van der Waals surface area contributed by atoms with E-state index in [1.165, 1.54) is 0 Å². The molecule has 29 heavy (non-hydrogen) atoms. The summed E-state index contributed by atoms with van der Waals surface area (Å²) in [5.74, 6) is 0.540. The number of hydrogen-bond acceptors (Lipinski definition) is 4. The largest absolute Gasteiger partial charge is 0.466 e. The summed E-state index contributed by atoms with van der Waals surface area (Å²) in [5, 5.41) is 2.93. The van der Waals surface area contributed by atoms with Crippen LogP contribution in [0.5, 0.6) is 0 Å². The molecule has 1 heterocycles. The maximum Gasteiger partial charge on any atom is 0.268 e. The molecular formula is C23H25N3O3. The van der Waals surface area contributed by atoms with Crippen LogP contribution in [0.2, 0.25) is 0 Å². The zero-order valence-corrected chi connectivity index (χ0v) is 17.0. The number of amides is 2. The van der Waals surface area contributed by atoms with Gasteiger partial charge in [0, 0.05) is 5.69 Å². The summed E-state index contributed by atoms with van der Waals surface area (Å²) in [4.78, 5) is 25.5. The molecule has 0 aliphatic heterocycles. The fourth-order valence-electron chi connectivity index (χ4n) is 3.27. The molecule has 3 rings (SSSR count). The topological polar surface area (TPSA) is 83.4 Å². The average Bonchev–Trinajstić information content (AvgIpc) is 3.00. The predicted molar refractivity (Wildman–Crippen MR) is 113 cm³/mol. The fraction of sp³-hybridized carbons (Fsp3) is 0.217. The normalized spacial score (nSPS) is 11.7. The van der Waals surface area contributed by atoms with Crippen LogP contribution in [0.3, 0.4) is 0 Å². The molecule has 1 unspecified atom stereocenters. The molecule has 0 bridgehead atoms. The van der Waals surface area contributed by atoms with Crippen LogP contribution in [0.15, 0.2) is 59.0 Å². The van der Waals surface area contributed by atoms with Gasteiger partial charge in [-0.15, -0.1) is 0 Å². The van der Waals surface area contributed by atoms with Gasteiger partial charge in [0.15, 0.2) is 0 Å². The van der Waals surface area contributed by atoms with Crippen LogP contribution >= 0.6 is 0 Å². The Hall–Kier alpha value is -3.38. The molecule has 0 aliphatic carbocycles. The van der Waals surface area contributed by atoms with Crippen LogP contribution < -0.4 is 16.2 Å². The molecule has 0 radical (unpaired) electrons. The van der Waals surface area contributed by atoms with E-state index in [4.69, 9.17) is 4.42 Å². The maximum atomic E-state index is 13.0. The van der Waals surface area contributed by atoms with Crippen molar-refractivity contribution in [1.82, 2.24) is 10.9 Å². The lowest BCUT2D eigenvalue weighted by molar-refractivity contribution is -0.118. The molecule has 0 fully saturated rings. The van der Waals surface area contributed by atoms with Crippen molar-refractivity contribution >= 4 is 17.5 Å². The summed E-state index contributed by atoms with van der Waals surface area (Å²) >= 11 is 0. The van der Waals surface area contributed by atoms with Crippen molar-refractivity contribution in [3.05, 3.63) is 88.4 Å². The van der Waals surface area contributed by atoms with E-state index >= 15 is 0 Å². The number of carbonyl (C=O) groups excluding carboxylic acids is 2.